The van der Waals surface area contributed by atoms with Crippen molar-refractivity contribution in [3.63, 3.8) is 0 Å². The third-order valence-corrected chi connectivity index (χ3v) is 3.98. The second-order valence-corrected chi connectivity index (χ2v) is 5.54. The second kappa shape index (κ2) is 7.30. The molecule has 120 valence electrons. The zero-order chi connectivity index (χ0) is 16.1. The number of rotatable bonds is 5. The molecule has 6 heteroatoms. The maximum absolute atomic E-state index is 13.5. The predicted molar refractivity (Wildman–Crippen MR) is 84.8 cm³/mol. The number of pyridine rings is 1. The molecule has 1 aliphatic rings. The van der Waals surface area contributed by atoms with E-state index in [-0.39, 0.29) is 23.8 Å². The van der Waals surface area contributed by atoms with Gasteiger partial charge in [0.05, 0.1) is 0 Å². The van der Waals surface area contributed by atoms with E-state index in [4.69, 9.17) is 0 Å². The van der Waals surface area contributed by atoms with Crippen LogP contribution in [0, 0.1) is 5.82 Å². The molecule has 0 saturated carbocycles. The van der Waals surface area contributed by atoms with E-state index in [2.05, 4.69) is 21.2 Å². The van der Waals surface area contributed by atoms with Gasteiger partial charge >= 0.3 is 0 Å². The number of carbonyl (C=O) groups excluding carboxylic acids is 1. The highest BCUT2D eigenvalue weighted by Crippen LogP contribution is 2.21. The van der Waals surface area contributed by atoms with Crippen molar-refractivity contribution in [2.75, 3.05) is 6.54 Å². The highest BCUT2D eigenvalue weighted by Gasteiger charge is 2.29. The van der Waals surface area contributed by atoms with Crippen LogP contribution in [0.15, 0.2) is 48.8 Å². The maximum Gasteiger partial charge on any atom is 0.238 e. The lowest BCUT2D eigenvalue weighted by Gasteiger charge is -2.11. The number of benzene rings is 1. The van der Waals surface area contributed by atoms with Crippen molar-refractivity contribution in [3.8, 4) is 0 Å². The number of nitrogens with zero attached hydrogens (tertiary/aromatic N) is 1. The lowest BCUT2D eigenvalue weighted by molar-refractivity contribution is -0.122. The van der Waals surface area contributed by atoms with E-state index in [1.165, 1.54) is 6.07 Å². The molecule has 0 bridgehead atoms. The largest absolute Gasteiger partial charge is 0.354 e. The van der Waals surface area contributed by atoms with E-state index >= 15 is 0 Å². The SMILES string of the molecule is O=C(NCCc1ccccc1F)C1CC(c2ccncc2)NN1. The monoisotopic (exact) mass is 314 g/mol. The summed E-state index contributed by atoms with van der Waals surface area (Å²) in [5.41, 5.74) is 7.83. The summed E-state index contributed by atoms with van der Waals surface area (Å²) in [6.45, 7) is 0.415. The van der Waals surface area contributed by atoms with Gasteiger partial charge in [0.25, 0.3) is 0 Å². The van der Waals surface area contributed by atoms with Crippen LogP contribution < -0.4 is 16.2 Å². The lowest BCUT2D eigenvalue weighted by atomic mass is 10.0. The Labute approximate surface area is 134 Å². The molecule has 1 fully saturated rings. The van der Waals surface area contributed by atoms with Gasteiger partial charge in [0, 0.05) is 25.0 Å². The van der Waals surface area contributed by atoms with Crippen LogP contribution in [-0.2, 0) is 11.2 Å². The topological polar surface area (TPSA) is 66.0 Å². The number of hydrogen-bond donors (Lipinski definition) is 3. The van der Waals surface area contributed by atoms with Crippen molar-refractivity contribution in [1.82, 2.24) is 21.2 Å². The van der Waals surface area contributed by atoms with Gasteiger partial charge in [-0.25, -0.2) is 15.2 Å². The first kappa shape index (κ1) is 15.6. The normalized spacial score (nSPS) is 20.4. The molecule has 2 unspecified atom stereocenters. The van der Waals surface area contributed by atoms with Gasteiger partial charge in [0.1, 0.15) is 11.9 Å². The third kappa shape index (κ3) is 3.91. The molecule has 0 radical (unpaired) electrons. The summed E-state index contributed by atoms with van der Waals surface area (Å²) in [6.07, 6.45) is 4.61. The molecule has 3 N–H and O–H groups in total. The Morgan fingerprint density at radius 2 is 2.00 bits per heavy atom. The Morgan fingerprint density at radius 3 is 2.78 bits per heavy atom. The summed E-state index contributed by atoms with van der Waals surface area (Å²) in [5, 5.41) is 2.85. The zero-order valence-electron chi connectivity index (χ0n) is 12.6. The summed E-state index contributed by atoms with van der Waals surface area (Å²) in [7, 11) is 0. The van der Waals surface area contributed by atoms with Crippen LogP contribution >= 0.6 is 0 Å². The van der Waals surface area contributed by atoms with E-state index in [0.29, 0.717) is 24.9 Å². The summed E-state index contributed by atoms with van der Waals surface area (Å²) < 4.78 is 13.5. The van der Waals surface area contributed by atoms with Gasteiger partial charge < -0.3 is 5.32 Å². The molecule has 1 aromatic heterocycles. The Morgan fingerprint density at radius 1 is 1.22 bits per heavy atom. The molecule has 2 aromatic rings. The first-order valence-corrected chi connectivity index (χ1v) is 7.66. The predicted octanol–water partition coefficient (Wildman–Crippen LogP) is 1.49. The van der Waals surface area contributed by atoms with Crippen molar-refractivity contribution < 1.29 is 9.18 Å². The van der Waals surface area contributed by atoms with Gasteiger partial charge in [-0.1, -0.05) is 18.2 Å². The first-order chi connectivity index (χ1) is 11.2. The average molecular weight is 314 g/mol. The molecule has 1 saturated heterocycles. The van der Waals surface area contributed by atoms with E-state index in [1.54, 1.807) is 30.6 Å². The Kier molecular flexibility index (Phi) is 4.95. The molecule has 3 rings (SSSR count). The fraction of sp³-hybridized carbons (Fsp3) is 0.294. The number of halogens is 1. The Hall–Kier alpha value is -2.31. The third-order valence-electron chi connectivity index (χ3n) is 3.98. The Balaban J connectivity index is 1.47. The van der Waals surface area contributed by atoms with E-state index in [9.17, 15) is 9.18 Å². The maximum atomic E-state index is 13.5. The van der Waals surface area contributed by atoms with Gasteiger partial charge in [-0.3, -0.25) is 9.78 Å². The Bertz CT molecular complexity index is 665. The van der Waals surface area contributed by atoms with Crippen LogP contribution in [0.4, 0.5) is 4.39 Å². The fourth-order valence-corrected chi connectivity index (χ4v) is 2.69. The average Bonchev–Trinajstić information content (AvgIpc) is 3.07. The summed E-state index contributed by atoms with van der Waals surface area (Å²) in [4.78, 5) is 16.2. The number of amides is 1. The highest BCUT2D eigenvalue weighted by molar-refractivity contribution is 5.82. The molecular formula is C17H19FN4O. The second-order valence-electron chi connectivity index (χ2n) is 5.54. The quantitative estimate of drug-likeness (QED) is 0.782. The first-order valence-electron chi connectivity index (χ1n) is 7.66. The summed E-state index contributed by atoms with van der Waals surface area (Å²) >= 11 is 0. The van der Waals surface area contributed by atoms with E-state index in [0.717, 1.165) is 5.56 Å². The minimum Gasteiger partial charge on any atom is -0.354 e. The van der Waals surface area contributed by atoms with Crippen LogP contribution in [0.5, 0.6) is 0 Å². The van der Waals surface area contributed by atoms with Crippen LogP contribution in [0.3, 0.4) is 0 Å². The molecule has 5 nitrogen and oxygen atoms in total. The van der Waals surface area contributed by atoms with Gasteiger partial charge in [-0.05, 0) is 42.2 Å². The smallest absolute Gasteiger partial charge is 0.238 e. The molecule has 1 amide bonds. The van der Waals surface area contributed by atoms with Crippen LogP contribution in [0.1, 0.15) is 23.6 Å². The number of hydrogen-bond acceptors (Lipinski definition) is 4. The molecule has 1 aliphatic heterocycles. The van der Waals surface area contributed by atoms with Crippen LogP contribution in [0.2, 0.25) is 0 Å². The van der Waals surface area contributed by atoms with E-state index in [1.807, 2.05) is 12.1 Å². The van der Waals surface area contributed by atoms with Crippen molar-refractivity contribution in [3.05, 3.63) is 65.7 Å². The van der Waals surface area contributed by atoms with Crippen molar-refractivity contribution >= 4 is 5.91 Å². The van der Waals surface area contributed by atoms with Crippen LogP contribution in [-0.4, -0.2) is 23.5 Å². The molecule has 23 heavy (non-hydrogen) atoms. The molecule has 2 heterocycles. The molecular weight excluding hydrogens is 295 g/mol. The van der Waals surface area contributed by atoms with Crippen molar-refractivity contribution in [1.29, 1.82) is 0 Å². The van der Waals surface area contributed by atoms with E-state index < -0.39 is 0 Å². The van der Waals surface area contributed by atoms with Gasteiger partial charge in [-0.15, -0.1) is 0 Å². The van der Waals surface area contributed by atoms with Gasteiger partial charge in [-0.2, -0.15) is 0 Å². The molecule has 0 aliphatic carbocycles. The lowest BCUT2D eigenvalue weighted by Crippen LogP contribution is -2.43. The number of hydrazine groups is 1. The minimum absolute atomic E-state index is 0.0783. The molecule has 0 spiro atoms. The highest BCUT2D eigenvalue weighted by atomic mass is 19.1. The molecule has 1 aromatic carbocycles. The number of aromatic nitrogens is 1. The summed E-state index contributed by atoms with van der Waals surface area (Å²) in [6, 6.07) is 10.3. The van der Waals surface area contributed by atoms with Gasteiger partial charge in [0.15, 0.2) is 0 Å². The number of nitrogens with one attached hydrogen (secondary N) is 3. The summed E-state index contributed by atoms with van der Waals surface area (Å²) in [5.74, 6) is -0.314. The minimum atomic E-state index is -0.297. The number of carbonyl (C=O) groups is 1. The molecule has 2 atom stereocenters. The van der Waals surface area contributed by atoms with Crippen molar-refractivity contribution in [2.45, 2.75) is 24.9 Å². The van der Waals surface area contributed by atoms with Crippen molar-refractivity contribution in [2.24, 2.45) is 0 Å². The standard InChI is InChI=1S/C17H19FN4O/c18-14-4-2-1-3-12(14)7-10-20-17(23)16-11-15(21-22-16)13-5-8-19-9-6-13/h1-6,8-9,15-16,21-22H,7,10-11H2,(H,20,23). The fourth-order valence-electron chi connectivity index (χ4n) is 2.69. The van der Waals surface area contributed by atoms with Gasteiger partial charge in [0.2, 0.25) is 5.91 Å². The van der Waals surface area contributed by atoms with Crippen LogP contribution in [0.25, 0.3) is 0 Å². The zero-order valence-corrected chi connectivity index (χ0v) is 12.6.